The molecule has 0 saturated heterocycles. The molecule has 0 aliphatic heterocycles. The first-order valence-electron chi connectivity index (χ1n) is 3.91. The number of aliphatic imine (C=N–C) groups is 1. The van der Waals surface area contributed by atoms with Crippen molar-refractivity contribution in [1.82, 2.24) is 0 Å². The molecular formula is C10H9NO2. The monoisotopic (exact) mass is 175 g/mol. The third-order valence-corrected chi connectivity index (χ3v) is 1.80. The minimum absolute atomic E-state index is 0.116. The summed E-state index contributed by atoms with van der Waals surface area (Å²) < 4.78 is 0. The second-order valence-electron chi connectivity index (χ2n) is 2.72. The standard InChI is InChI=1S/C10H9NO2/c1-8(6-12)9-2-4-10(5-3-9)11-7-13/h2-6,8H,1H3. The quantitative estimate of drug-likeness (QED) is 0.400. The van der Waals surface area contributed by atoms with Crippen LogP contribution in [0.2, 0.25) is 0 Å². The fraction of sp³-hybridized carbons (Fsp3) is 0.200. The summed E-state index contributed by atoms with van der Waals surface area (Å²) in [6.45, 7) is 1.81. The zero-order valence-corrected chi connectivity index (χ0v) is 7.23. The molecule has 0 bridgehead atoms. The van der Waals surface area contributed by atoms with Gasteiger partial charge in [0.1, 0.15) is 6.29 Å². The lowest BCUT2D eigenvalue weighted by Crippen LogP contribution is -1.92. The maximum Gasteiger partial charge on any atom is 0.240 e. The van der Waals surface area contributed by atoms with Crippen molar-refractivity contribution in [2.75, 3.05) is 0 Å². The molecule has 0 aromatic heterocycles. The van der Waals surface area contributed by atoms with Gasteiger partial charge in [-0.3, -0.25) is 0 Å². The van der Waals surface area contributed by atoms with Crippen molar-refractivity contribution in [2.45, 2.75) is 12.8 Å². The summed E-state index contributed by atoms with van der Waals surface area (Å²) in [6, 6.07) is 6.91. The largest absolute Gasteiger partial charge is 0.303 e. The molecule has 1 aromatic carbocycles. The molecule has 0 aliphatic carbocycles. The van der Waals surface area contributed by atoms with E-state index in [0.717, 1.165) is 11.8 Å². The minimum atomic E-state index is -0.116. The van der Waals surface area contributed by atoms with E-state index >= 15 is 0 Å². The van der Waals surface area contributed by atoms with Crippen LogP contribution in [0.3, 0.4) is 0 Å². The molecule has 0 amide bonds. The van der Waals surface area contributed by atoms with Crippen molar-refractivity contribution in [3.05, 3.63) is 29.8 Å². The van der Waals surface area contributed by atoms with Crippen molar-refractivity contribution in [3.8, 4) is 0 Å². The predicted molar refractivity (Wildman–Crippen MR) is 48.7 cm³/mol. The topological polar surface area (TPSA) is 46.5 Å². The first kappa shape index (κ1) is 9.36. The fourth-order valence-electron chi connectivity index (χ4n) is 0.984. The Kier molecular flexibility index (Phi) is 3.12. The number of rotatable bonds is 3. The highest BCUT2D eigenvalue weighted by molar-refractivity contribution is 5.62. The van der Waals surface area contributed by atoms with Crippen molar-refractivity contribution < 1.29 is 9.59 Å². The maximum atomic E-state index is 10.4. The van der Waals surface area contributed by atoms with Crippen molar-refractivity contribution in [3.63, 3.8) is 0 Å². The molecule has 1 unspecified atom stereocenters. The van der Waals surface area contributed by atoms with Gasteiger partial charge in [0.2, 0.25) is 6.08 Å². The second kappa shape index (κ2) is 4.33. The molecule has 66 valence electrons. The van der Waals surface area contributed by atoms with Crippen molar-refractivity contribution >= 4 is 18.1 Å². The van der Waals surface area contributed by atoms with E-state index in [1.165, 1.54) is 6.08 Å². The Morgan fingerprint density at radius 1 is 1.38 bits per heavy atom. The fourth-order valence-corrected chi connectivity index (χ4v) is 0.984. The van der Waals surface area contributed by atoms with E-state index < -0.39 is 0 Å². The average molecular weight is 175 g/mol. The van der Waals surface area contributed by atoms with Crippen LogP contribution in [0, 0.1) is 0 Å². The first-order valence-corrected chi connectivity index (χ1v) is 3.91. The summed E-state index contributed by atoms with van der Waals surface area (Å²) in [7, 11) is 0. The van der Waals surface area contributed by atoms with Gasteiger partial charge in [-0.15, -0.1) is 0 Å². The minimum Gasteiger partial charge on any atom is -0.303 e. The summed E-state index contributed by atoms with van der Waals surface area (Å²) in [5.74, 6) is -0.116. The van der Waals surface area contributed by atoms with Crippen LogP contribution in [0.5, 0.6) is 0 Å². The summed E-state index contributed by atoms with van der Waals surface area (Å²) in [5.41, 5.74) is 1.47. The van der Waals surface area contributed by atoms with E-state index in [0.29, 0.717) is 5.69 Å². The number of benzene rings is 1. The molecule has 3 heteroatoms. The summed E-state index contributed by atoms with van der Waals surface area (Å²) >= 11 is 0. The summed E-state index contributed by atoms with van der Waals surface area (Å²) in [5, 5.41) is 0. The van der Waals surface area contributed by atoms with Crippen LogP contribution in [0.25, 0.3) is 0 Å². The van der Waals surface area contributed by atoms with Crippen LogP contribution in [0.4, 0.5) is 5.69 Å². The summed E-state index contributed by atoms with van der Waals surface area (Å²) in [6.07, 6.45) is 2.33. The number of aldehydes is 1. The molecule has 0 saturated carbocycles. The highest BCUT2D eigenvalue weighted by atomic mass is 16.1. The number of hydrogen-bond donors (Lipinski definition) is 0. The summed E-state index contributed by atoms with van der Waals surface area (Å²) in [4.78, 5) is 23.8. The molecule has 0 heterocycles. The van der Waals surface area contributed by atoms with Gasteiger partial charge in [0, 0.05) is 5.92 Å². The lowest BCUT2D eigenvalue weighted by molar-refractivity contribution is -0.108. The SMILES string of the molecule is CC(C=O)c1ccc(N=C=O)cc1. The van der Waals surface area contributed by atoms with E-state index in [-0.39, 0.29) is 5.92 Å². The van der Waals surface area contributed by atoms with E-state index in [2.05, 4.69) is 4.99 Å². The van der Waals surface area contributed by atoms with E-state index in [1.54, 1.807) is 24.3 Å². The van der Waals surface area contributed by atoms with Crippen LogP contribution in [-0.4, -0.2) is 12.4 Å². The Hall–Kier alpha value is -1.73. The van der Waals surface area contributed by atoms with Crippen molar-refractivity contribution in [2.24, 2.45) is 4.99 Å². The van der Waals surface area contributed by atoms with Gasteiger partial charge in [0.05, 0.1) is 5.69 Å². The molecule has 0 fully saturated rings. The molecule has 1 atom stereocenters. The number of carbonyl (C=O) groups is 1. The lowest BCUT2D eigenvalue weighted by atomic mass is 10.0. The first-order chi connectivity index (χ1) is 6.27. The predicted octanol–water partition coefficient (Wildman–Crippen LogP) is 1.96. The normalized spacial score (nSPS) is 11.5. The van der Waals surface area contributed by atoms with Gasteiger partial charge in [-0.05, 0) is 17.7 Å². The second-order valence-corrected chi connectivity index (χ2v) is 2.72. The van der Waals surface area contributed by atoms with Crippen LogP contribution < -0.4 is 0 Å². The molecule has 1 aromatic rings. The Bertz CT molecular complexity index is 336. The number of nitrogens with zero attached hydrogens (tertiary/aromatic N) is 1. The number of hydrogen-bond acceptors (Lipinski definition) is 3. The third kappa shape index (κ3) is 2.36. The molecule has 0 spiro atoms. The smallest absolute Gasteiger partial charge is 0.240 e. The van der Waals surface area contributed by atoms with Gasteiger partial charge in [0.15, 0.2) is 0 Å². The van der Waals surface area contributed by atoms with Gasteiger partial charge >= 0.3 is 0 Å². The van der Waals surface area contributed by atoms with Gasteiger partial charge in [-0.1, -0.05) is 19.1 Å². The lowest BCUT2D eigenvalue weighted by Gasteiger charge is -2.02. The molecule has 0 aliphatic rings. The average Bonchev–Trinajstić information content (AvgIpc) is 2.18. The van der Waals surface area contributed by atoms with Crippen LogP contribution >= 0.6 is 0 Å². The maximum absolute atomic E-state index is 10.4. The molecular weight excluding hydrogens is 166 g/mol. The Morgan fingerprint density at radius 2 is 2.00 bits per heavy atom. The van der Waals surface area contributed by atoms with E-state index in [1.807, 2.05) is 6.92 Å². The highest BCUT2D eigenvalue weighted by Gasteiger charge is 2.02. The molecule has 3 nitrogen and oxygen atoms in total. The van der Waals surface area contributed by atoms with Crippen LogP contribution in [0.1, 0.15) is 18.4 Å². The number of isocyanates is 1. The van der Waals surface area contributed by atoms with E-state index in [9.17, 15) is 9.59 Å². The van der Waals surface area contributed by atoms with Crippen LogP contribution in [0.15, 0.2) is 29.3 Å². The molecule has 0 radical (unpaired) electrons. The van der Waals surface area contributed by atoms with E-state index in [4.69, 9.17) is 0 Å². The Balaban J connectivity index is 2.92. The number of carbonyl (C=O) groups excluding carboxylic acids is 2. The van der Waals surface area contributed by atoms with Gasteiger partial charge < -0.3 is 4.79 Å². The zero-order chi connectivity index (χ0) is 9.68. The zero-order valence-electron chi connectivity index (χ0n) is 7.23. The third-order valence-electron chi connectivity index (χ3n) is 1.80. The molecule has 0 N–H and O–H groups in total. The highest BCUT2D eigenvalue weighted by Crippen LogP contribution is 2.17. The molecule has 13 heavy (non-hydrogen) atoms. The van der Waals surface area contributed by atoms with Gasteiger partial charge in [-0.2, -0.15) is 4.99 Å². The van der Waals surface area contributed by atoms with Crippen molar-refractivity contribution in [1.29, 1.82) is 0 Å². The Morgan fingerprint density at radius 3 is 2.46 bits per heavy atom. The van der Waals surface area contributed by atoms with Gasteiger partial charge in [-0.25, -0.2) is 4.79 Å². The molecule has 1 rings (SSSR count). The van der Waals surface area contributed by atoms with Gasteiger partial charge in [0.25, 0.3) is 0 Å². The van der Waals surface area contributed by atoms with Crippen LogP contribution in [-0.2, 0) is 9.59 Å². The Labute approximate surface area is 76.1 Å².